The molecule has 1 fully saturated rings. The zero-order valence-corrected chi connectivity index (χ0v) is 10.8. The van der Waals surface area contributed by atoms with Gasteiger partial charge in [0.25, 0.3) is 5.91 Å². The molecule has 1 unspecified atom stereocenters. The molecule has 18 heavy (non-hydrogen) atoms. The lowest BCUT2D eigenvalue weighted by Gasteiger charge is -2.22. The van der Waals surface area contributed by atoms with Crippen molar-refractivity contribution in [2.45, 2.75) is 13.3 Å². The molecule has 0 saturated carbocycles. The third-order valence-corrected chi connectivity index (χ3v) is 3.56. The van der Waals surface area contributed by atoms with Gasteiger partial charge in [0, 0.05) is 25.7 Å². The fourth-order valence-corrected chi connectivity index (χ4v) is 2.38. The van der Waals surface area contributed by atoms with Gasteiger partial charge in [-0.2, -0.15) is 0 Å². The predicted molar refractivity (Wildman–Crippen MR) is 69.1 cm³/mol. The Kier molecular flexibility index (Phi) is 3.36. The van der Waals surface area contributed by atoms with Gasteiger partial charge in [-0.1, -0.05) is 18.2 Å². The molecular weight excluding hydrogens is 228 g/mol. The quantitative estimate of drug-likeness (QED) is 0.854. The summed E-state index contributed by atoms with van der Waals surface area (Å²) >= 11 is 0. The Labute approximate surface area is 107 Å². The summed E-state index contributed by atoms with van der Waals surface area (Å²) in [5.74, 6) is 0.00842. The van der Waals surface area contributed by atoms with Crippen molar-refractivity contribution in [3.63, 3.8) is 0 Å². The van der Waals surface area contributed by atoms with E-state index in [1.165, 1.54) is 0 Å². The van der Waals surface area contributed by atoms with Crippen molar-refractivity contribution in [2.24, 2.45) is 5.41 Å². The maximum Gasteiger partial charge on any atom is 0.253 e. The van der Waals surface area contributed by atoms with Gasteiger partial charge >= 0.3 is 0 Å². The largest absolute Gasteiger partial charge is 0.359 e. The predicted octanol–water partition coefficient (Wildman–Crippen LogP) is 1.28. The highest BCUT2D eigenvalue weighted by molar-refractivity contribution is 5.95. The number of likely N-dealkylation sites (tertiary alicyclic amines) is 1. The molecule has 0 aromatic heterocycles. The first kappa shape index (κ1) is 12.6. The van der Waals surface area contributed by atoms with E-state index < -0.39 is 5.41 Å². The van der Waals surface area contributed by atoms with Gasteiger partial charge in [-0.05, 0) is 25.5 Å². The van der Waals surface area contributed by atoms with Crippen molar-refractivity contribution in [3.05, 3.63) is 35.9 Å². The zero-order chi connectivity index (χ0) is 13.2. The normalized spacial score (nSPS) is 22.9. The third-order valence-electron chi connectivity index (χ3n) is 3.56. The van der Waals surface area contributed by atoms with Crippen LogP contribution in [0.1, 0.15) is 23.7 Å². The summed E-state index contributed by atoms with van der Waals surface area (Å²) in [7, 11) is 1.63. The summed E-state index contributed by atoms with van der Waals surface area (Å²) in [5, 5.41) is 2.67. The maximum absolute atomic E-state index is 12.2. The van der Waals surface area contributed by atoms with Crippen LogP contribution >= 0.6 is 0 Å². The van der Waals surface area contributed by atoms with Crippen LogP contribution in [0.15, 0.2) is 30.3 Å². The molecule has 4 nitrogen and oxygen atoms in total. The highest BCUT2D eigenvalue weighted by atomic mass is 16.2. The molecule has 1 saturated heterocycles. The number of carbonyl (C=O) groups is 2. The molecular formula is C14H18N2O2. The Morgan fingerprint density at radius 1 is 1.28 bits per heavy atom. The standard InChI is InChI=1S/C14H18N2O2/c1-14(13(18)15-2)8-9-16(10-14)12(17)11-6-4-3-5-7-11/h3-7H,8-10H2,1-2H3,(H,15,18). The van der Waals surface area contributed by atoms with Crippen molar-refractivity contribution in [3.8, 4) is 0 Å². The average Bonchev–Trinajstić information content (AvgIpc) is 2.82. The zero-order valence-electron chi connectivity index (χ0n) is 10.8. The van der Waals surface area contributed by atoms with Crippen LogP contribution in [0.4, 0.5) is 0 Å². The first-order chi connectivity index (χ1) is 8.57. The summed E-state index contributed by atoms with van der Waals surface area (Å²) < 4.78 is 0. The minimum Gasteiger partial charge on any atom is -0.359 e. The van der Waals surface area contributed by atoms with E-state index in [1.54, 1.807) is 24.1 Å². The Bertz CT molecular complexity index is 458. The van der Waals surface area contributed by atoms with Gasteiger partial charge in [0.05, 0.1) is 5.41 Å². The molecule has 0 spiro atoms. The van der Waals surface area contributed by atoms with Crippen LogP contribution < -0.4 is 5.32 Å². The monoisotopic (exact) mass is 246 g/mol. The SMILES string of the molecule is CNC(=O)C1(C)CCN(C(=O)c2ccccc2)C1. The fraction of sp³-hybridized carbons (Fsp3) is 0.429. The molecule has 0 aliphatic carbocycles. The molecule has 96 valence electrons. The molecule has 0 bridgehead atoms. The molecule has 1 heterocycles. The van der Waals surface area contributed by atoms with Gasteiger partial charge in [-0.15, -0.1) is 0 Å². The highest BCUT2D eigenvalue weighted by Crippen LogP contribution is 2.30. The second kappa shape index (κ2) is 4.80. The van der Waals surface area contributed by atoms with Crippen LogP contribution in [-0.2, 0) is 4.79 Å². The molecule has 1 aromatic rings. The first-order valence-electron chi connectivity index (χ1n) is 6.13. The minimum absolute atomic E-state index is 0.00299. The lowest BCUT2D eigenvalue weighted by Crippen LogP contribution is -2.40. The summed E-state index contributed by atoms with van der Waals surface area (Å²) in [6.45, 7) is 3.03. The number of amides is 2. The summed E-state index contributed by atoms with van der Waals surface area (Å²) in [6.07, 6.45) is 0.714. The third kappa shape index (κ3) is 2.23. The van der Waals surface area contributed by atoms with E-state index >= 15 is 0 Å². The smallest absolute Gasteiger partial charge is 0.253 e. The van der Waals surface area contributed by atoms with Gasteiger partial charge in [0.1, 0.15) is 0 Å². The summed E-state index contributed by atoms with van der Waals surface area (Å²) in [4.78, 5) is 25.8. The Morgan fingerprint density at radius 2 is 1.94 bits per heavy atom. The fourth-order valence-electron chi connectivity index (χ4n) is 2.38. The molecule has 4 heteroatoms. The van der Waals surface area contributed by atoms with Crippen LogP contribution in [0.25, 0.3) is 0 Å². The van der Waals surface area contributed by atoms with Gasteiger partial charge in [-0.3, -0.25) is 9.59 Å². The van der Waals surface area contributed by atoms with E-state index in [0.29, 0.717) is 25.1 Å². The molecule has 0 radical (unpaired) electrons. The Morgan fingerprint density at radius 3 is 2.56 bits per heavy atom. The van der Waals surface area contributed by atoms with E-state index in [2.05, 4.69) is 5.32 Å². The van der Waals surface area contributed by atoms with Crippen molar-refractivity contribution >= 4 is 11.8 Å². The van der Waals surface area contributed by atoms with Gasteiger partial charge < -0.3 is 10.2 Å². The Hall–Kier alpha value is -1.84. The number of hydrogen-bond acceptors (Lipinski definition) is 2. The topological polar surface area (TPSA) is 49.4 Å². The van der Waals surface area contributed by atoms with E-state index in [9.17, 15) is 9.59 Å². The van der Waals surface area contributed by atoms with Crippen molar-refractivity contribution in [2.75, 3.05) is 20.1 Å². The molecule has 2 rings (SSSR count). The van der Waals surface area contributed by atoms with Gasteiger partial charge in [0.15, 0.2) is 0 Å². The van der Waals surface area contributed by atoms with Gasteiger partial charge in [-0.25, -0.2) is 0 Å². The molecule has 1 aromatic carbocycles. The second-order valence-corrected chi connectivity index (χ2v) is 4.98. The van der Waals surface area contributed by atoms with Gasteiger partial charge in [0.2, 0.25) is 5.91 Å². The maximum atomic E-state index is 12.2. The van der Waals surface area contributed by atoms with E-state index in [4.69, 9.17) is 0 Å². The number of benzene rings is 1. The summed E-state index contributed by atoms with van der Waals surface area (Å²) in [5.41, 5.74) is 0.220. The van der Waals surface area contributed by atoms with Crippen molar-refractivity contribution in [1.82, 2.24) is 10.2 Å². The lowest BCUT2D eigenvalue weighted by molar-refractivity contribution is -0.128. The number of hydrogen-bond donors (Lipinski definition) is 1. The van der Waals surface area contributed by atoms with Crippen molar-refractivity contribution in [1.29, 1.82) is 0 Å². The number of carbonyl (C=O) groups excluding carboxylic acids is 2. The number of nitrogens with zero attached hydrogens (tertiary/aromatic N) is 1. The Balaban J connectivity index is 2.10. The second-order valence-electron chi connectivity index (χ2n) is 4.98. The average molecular weight is 246 g/mol. The molecule has 2 amide bonds. The molecule has 1 N–H and O–H groups in total. The van der Waals surface area contributed by atoms with E-state index in [0.717, 1.165) is 0 Å². The van der Waals surface area contributed by atoms with Crippen LogP contribution in [0.2, 0.25) is 0 Å². The van der Waals surface area contributed by atoms with Crippen LogP contribution in [0, 0.1) is 5.41 Å². The highest BCUT2D eigenvalue weighted by Gasteiger charge is 2.41. The molecule has 1 aliphatic rings. The first-order valence-corrected chi connectivity index (χ1v) is 6.13. The summed E-state index contributed by atoms with van der Waals surface area (Å²) in [6, 6.07) is 9.19. The van der Waals surface area contributed by atoms with E-state index in [1.807, 2.05) is 25.1 Å². The number of rotatable bonds is 2. The lowest BCUT2D eigenvalue weighted by atomic mass is 9.89. The van der Waals surface area contributed by atoms with E-state index in [-0.39, 0.29) is 11.8 Å². The molecule has 1 atom stereocenters. The van der Waals surface area contributed by atoms with Crippen LogP contribution in [0.3, 0.4) is 0 Å². The molecule has 1 aliphatic heterocycles. The minimum atomic E-state index is -0.459. The van der Waals surface area contributed by atoms with Crippen molar-refractivity contribution < 1.29 is 9.59 Å². The number of nitrogens with one attached hydrogen (secondary N) is 1. The van der Waals surface area contributed by atoms with Crippen LogP contribution in [0.5, 0.6) is 0 Å². The van der Waals surface area contributed by atoms with Crippen LogP contribution in [-0.4, -0.2) is 36.9 Å².